The van der Waals surface area contributed by atoms with Crippen molar-refractivity contribution in [2.45, 2.75) is 39.3 Å². The van der Waals surface area contributed by atoms with Crippen LogP contribution in [0.1, 0.15) is 38.8 Å². The summed E-state index contributed by atoms with van der Waals surface area (Å²) < 4.78 is 6.87. The molecule has 92 valence electrons. The van der Waals surface area contributed by atoms with Gasteiger partial charge in [0.1, 0.15) is 0 Å². The van der Waals surface area contributed by atoms with Crippen LogP contribution < -0.4 is 5.32 Å². The first-order valence-electron chi connectivity index (χ1n) is 5.72. The molecule has 2 nitrogen and oxygen atoms in total. The van der Waals surface area contributed by atoms with Crippen LogP contribution in [-0.2, 0) is 4.74 Å². The summed E-state index contributed by atoms with van der Waals surface area (Å²) in [7, 11) is 0. The van der Waals surface area contributed by atoms with Crippen LogP contribution in [0.5, 0.6) is 0 Å². The number of hydrogen-bond acceptors (Lipinski definition) is 3. The van der Waals surface area contributed by atoms with Gasteiger partial charge >= 0.3 is 0 Å². The minimum Gasteiger partial charge on any atom is -0.377 e. The van der Waals surface area contributed by atoms with Crippen molar-refractivity contribution in [1.82, 2.24) is 5.32 Å². The first-order valence-corrected chi connectivity index (χ1v) is 7.39. The molecular formula is C12H20BrNOS. The van der Waals surface area contributed by atoms with Gasteiger partial charge in [0.05, 0.1) is 22.5 Å². The van der Waals surface area contributed by atoms with Crippen molar-refractivity contribution in [2.75, 3.05) is 13.2 Å². The smallest absolute Gasteiger partial charge is 0.0701 e. The summed E-state index contributed by atoms with van der Waals surface area (Å²) in [5, 5.41) is 5.70. The molecule has 1 unspecified atom stereocenters. The van der Waals surface area contributed by atoms with Crippen LogP contribution in [0, 0.1) is 0 Å². The highest BCUT2D eigenvalue weighted by Crippen LogP contribution is 2.25. The average Bonchev–Trinajstić information content (AvgIpc) is 2.64. The Balaban J connectivity index is 2.55. The molecule has 0 aliphatic carbocycles. The molecule has 0 spiro atoms. The second kappa shape index (κ2) is 7.43. The second-order valence-corrected chi connectivity index (χ2v) is 6.36. The summed E-state index contributed by atoms with van der Waals surface area (Å²) in [6.45, 7) is 8.08. The van der Waals surface area contributed by atoms with Crippen molar-refractivity contribution in [3.8, 4) is 0 Å². The third-order valence-electron chi connectivity index (χ3n) is 2.23. The van der Waals surface area contributed by atoms with Crippen molar-refractivity contribution in [2.24, 2.45) is 0 Å². The van der Waals surface area contributed by atoms with Gasteiger partial charge in [-0.05, 0) is 59.8 Å². The Kier molecular flexibility index (Phi) is 6.58. The molecule has 16 heavy (non-hydrogen) atoms. The Morgan fingerprint density at radius 1 is 1.50 bits per heavy atom. The lowest BCUT2D eigenvalue weighted by atomic mass is 10.1. The van der Waals surface area contributed by atoms with Crippen molar-refractivity contribution in [3.63, 3.8) is 0 Å². The van der Waals surface area contributed by atoms with E-state index in [1.165, 1.54) is 9.35 Å². The molecule has 4 heteroatoms. The van der Waals surface area contributed by atoms with Gasteiger partial charge in [-0.25, -0.2) is 0 Å². The molecule has 1 atom stereocenters. The van der Waals surface area contributed by atoms with Gasteiger partial charge in [0, 0.05) is 0 Å². The van der Waals surface area contributed by atoms with E-state index in [0.29, 0.717) is 6.04 Å². The van der Waals surface area contributed by atoms with E-state index in [0.717, 1.165) is 19.6 Å². The molecule has 0 amide bonds. The van der Waals surface area contributed by atoms with Gasteiger partial charge in [-0.15, -0.1) is 11.3 Å². The normalized spacial score (nSPS) is 13.3. The molecule has 1 aromatic rings. The van der Waals surface area contributed by atoms with E-state index in [2.05, 4.69) is 53.5 Å². The van der Waals surface area contributed by atoms with Gasteiger partial charge in [-0.3, -0.25) is 0 Å². The quantitative estimate of drug-likeness (QED) is 0.823. The maximum atomic E-state index is 5.69. The highest BCUT2D eigenvalue weighted by Gasteiger charge is 2.13. The number of ether oxygens (including phenoxy) is 1. The molecule has 0 saturated carbocycles. The standard InChI is InChI=1S/C12H20BrNOS/c1-4-5-14-11(7-15-9(2)3)10-6-12(13)16-8-10/h6,8-9,11,14H,4-5,7H2,1-3H3. The monoisotopic (exact) mass is 305 g/mol. The molecule has 0 aliphatic heterocycles. The fourth-order valence-corrected chi connectivity index (χ4v) is 2.62. The van der Waals surface area contributed by atoms with E-state index < -0.39 is 0 Å². The Bertz CT molecular complexity index is 301. The van der Waals surface area contributed by atoms with E-state index in [-0.39, 0.29) is 6.10 Å². The summed E-state index contributed by atoms with van der Waals surface area (Å²) in [5.41, 5.74) is 1.31. The lowest BCUT2D eigenvalue weighted by Crippen LogP contribution is -2.27. The molecule has 1 aromatic heterocycles. The van der Waals surface area contributed by atoms with Gasteiger partial charge < -0.3 is 10.1 Å². The number of rotatable bonds is 7. The van der Waals surface area contributed by atoms with Crippen LogP contribution in [0.15, 0.2) is 15.2 Å². The van der Waals surface area contributed by atoms with Gasteiger partial charge in [-0.2, -0.15) is 0 Å². The number of hydrogen-bond donors (Lipinski definition) is 1. The topological polar surface area (TPSA) is 21.3 Å². The highest BCUT2D eigenvalue weighted by molar-refractivity contribution is 9.11. The van der Waals surface area contributed by atoms with Crippen LogP contribution in [0.2, 0.25) is 0 Å². The summed E-state index contributed by atoms with van der Waals surface area (Å²) >= 11 is 5.22. The first-order chi connectivity index (χ1) is 7.63. The van der Waals surface area contributed by atoms with E-state index in [1.807, 2.05) is 0 Å². The first kappa shape index (κ1) is 14.2. The van der Waals surface area contributed by atoms with Gasteiger partial charge in [0.25, 0.3) is 0 Å². The van der Waals surface area contributed by atoms with Crippen LogP contribution in [-0.4, -0.2) is 19.3 Å². The van der Waals surface area contributed by atoms with E-state index >= 15 is 0 Å². The number of thiophene rings is 1. The molecule has 1 heterocycles. The van der Waals surface area contributed by atoms with Crippen molar-refractivity contribution >= 4 is 27.3 Å². The molecule has 0 saturated heterocycles. The maximum absolute atomic E-state index is 5.69. The van der Waals surface area contributed by atoms with E-state index in [9.17, 15) is 0 Å². The predicted octanol–water partition coefficient (Wildman–Crippen LogP) is 3.98. The molecule has 0 fully saturated rings. The molecule has 0 bridgehead atoms. The van der Waals surface area contributed by atoms with Crippen molar-refractivity contribution in [1.29, 1.82) is 0 Å². The predicted molar refractivity (Wildman–Crippen MR) is 74.1 cm³/mol. The third kappa shape index (κ3) is 4.95. The summed E-state index contributed by atoms with van der Waals surface area (Å²) in [5.74, 6) is 0. The molecule has 0 radical (unpaired) electrons. The van der Waals surface area contributed by atoms with Crippen LogP contribution >= 0.6 is 27.3 Å². The Morgan fingerprint density at radius 2 is 2.25 bits per heavy atom. The Hall–Kier alpha value is 0.100. The summed E-state index contributed by atoms with van der Waals surface area (Å²) in [6, 6.07) is 2.48. The van der Waals surface area contributed by atoms with Crippen LogP contribution in [0.25, 0.3) is 0 Å². The fraction of sp³-hybridized carbons (Fsp3) is 0.667. The minimum absolute atomic E-state index is 0.285. The molecule has 1 N–H and O–H groups in total. The van der Waals surface area contributed by atoms with Crippen molar-refractivity contribution < 1.29 is 4.74 Å². The number of halogens is 1. The Labute approximate surface area is 111 Å². The number of nitrogens with one attached hydrogen (secondary N) is 1. The minimum atomic E-state index is 0.285. The van der Waals surface area contributed by atoms with Crippen LogP contribution in [0.4, 0.5) is 0 Å². The molecule has 1 rings (SSSR count). The fourth-order valence-electron chi connectivity index (χ4n) is 1.39. The van der Waals surface area contributed by atoms with Crippen molar-refractivity contribution in [3.05, 3.63) is 20.8 Å². The zero-order chi connectivity index (χ0) is 12.0. The Morgan fingerprint density at radius 3 is 2.75 bits per heavy atom. The van der Waals surface area contributed by atoms with Crippen LogP contribution in [0.3, 0.4) is 0 Å². The molecule has 0 aliphatic rings. The zero-order valence-electron chi connectivity index (χ0n) is 10.1. The highest BCUT2D eigenvalue weighted by atomic mass is 79.9. The largest absolute Gasteiger partial charge is 0.377 e. The molecule has 0 aromatic carbocycles. The maximum Gasteiger partial charge on any atom is 0.0701 e. The van der Waals surface area contributed by atoms with E-state index in [1.54, 1.807) is 11.3 Å². The van der Waals surface area contributed by atoms with E-state index in [4.69, 9.17) is 4.74 Å². The average molecular weight is 306 g/mol. The third-order valence-corrected chi connectivity index (χ3v) is 3.75. The van der Waals surface area contributed by atoms with Gasteiger partial charge in [0.2, 0.25) is 0 Å². The summed E-state index contributed by atoms with van der Waals surface area (Å²) in [4.78, 5) is 0. The second-order valence-electron chi connectivity index (χ2n) is 4.07. The van der Waals surface area contributed by atoms with Gasteiger partial charge in [-0.1, -0.05) is 6.92 Å². The lowest BCUT2D eigenvalue weighted by molar-refractivity contribution is 0.0612. The molecular weight excluding hydrogens is 286 g/mol. The SMILES string of the molecule is CCCNC(COC(C)C)c1csc(Br)c1. The lowest BCUT2D eigenvalue weighted by Gasteiger charge is -2.19. The summed E-state index contributed by atoms with van der Waals surface area (Å²) in [6.07, 6.45) is 1.43. The van der Waals surface area contributed by atoms with Gasteiger partial charge in [0.15, 0.2) is 0 Å². The zero-order valence-corrected chi connectivity index (χ0v) is 12.5.